The van der Waals surface area contributed by atoms with Crippen LogP contribution in [0.4, 0.5) is 8.78 Å². The van der Waals surface area contributed by atoms with Crippen molar-refractivity contribution >= 4 is 17.5 Å². The molecule has 0 spiro atoms. The Morgan fingerprint density at radius 3 is 2.68 bits per heavy atom. The minimum Gasteiger partial charge on any atom is -0.471 e. The van der Waals surface area contributed by atoms with Crippen LogP contribution in [0.3, 0.4) is 0 Å². The topological polar surface area (TPSA) is 87.2 Å². The number of amides is 1. The lowest BCUT2D eigenvalue weighted by Gasteiger charge is -2.14. The van der Waals surface area contributed by atoms with Gasteiger partial charge in [-0.25, -0.2) is 8.78 Å². The Morgan fingerprint density at radius 1 is 1.25 bits per heavy atom. The van der Waals surface area contributed by atoms with Crippen molar-refractivity contribution in [2.75, 3.05) is 0 Å². The second kappa shape index (κ2) is 7.77. The summed E-state index contributed by atoms with van der Waals surface area (Å²) in [6, 6.07) is 9.14. The zero-order valence-corrected chi connectivity index (χ0v) is 15.3. The molecule has 0 saturated heterocycles. The van der Waals surface area contributed by atoms with Crippen molar-refractivity contribution in [2.45, 2.75) is 13.5 Å². The van der Waals surface area contributed by atoms with Crippen LogP contribution in [0.15, 0.2) is 47.3 Å². The third-order valence-electron chi connectivity index (χ3n) is 3.93. The van der Waals surface area contributed by atoms with Crippen LogP contribution in [0.1, 0.15) is 21.7 Å². The van der Waals surface area contributed by atoms with Crippen molar-refractivity contribution in [1.82, 2.24) is 9.55 Å². The van der Waals surface area contributed by atoms with Crippen LogP contribution < -0.4 is 16.0 Å². The molecule has 144 valence electrons. The van der Waals surface area contributed by atoms with Crippen molar-refractivity contribution in [1.29, 1.82) is 0 Å². The Hall–Kier alpha value is -3.26. The first-order valence-electron chi connectivity index (χ1n) is 8.04. The molecule has 0 fully saturated rings. The lowest BCUT2D eigenvalue weighted by atomic mass is 10.2. The molecule has 0 unspecified atom stereocenters. The predicted octanol–water partition coefficient (Wildman–Crippen LogP) is 3.15. The third-order valence-corrected chi connectivity index (χ3v) is 4.26. The van der Waals surface area contributed by atoms with Gasteiger partial charge < -0.3 is 10.5 Å². The monoisotopic (exact) mass is 405 g/mol. The van der Waals surface area contributed by atoms with Gasteiger partial charge in [-0.15, -0.1) is 0 Å². The van der Waals surface area contributed by atoms with Crippen molar-refractivity contribution in [3.8, 4) is 11.6 Å². The number of ether oxygens (including phenoxy) is 1. The highest BCUT2D eigenvalue weighted by atomic mass is 35.5. The van der Waals surface area contributed by atoms with E-state index >= 15 is 0 Å². The van der Waals surface area contributed by atoms with Gasteiger partial charge in [0, 0.05) is 17.2 Å². The molecule has 6 nitrogen and oxygen atoms in total. The molecule has 1 amide bonds. The maximum Gasteiger partial charge on any atom is 0.280 e. The largest absolute Gasteiger partial charge is 0.471 e. The minimum absolute atomic E-state index is 0.0789. The van der Waals surface area contributed by atoms with Gasteiger partial charge in [-0.1, -0.05) is 17.7 Å². The number of benzene rings is 2. The fourth-order valence-corrected chi connectivity index (χ4v) is 2.75. The number of nitrogens with two attached hydrogens (primary N) is 1. The van der Waals surface area contributed by atoms with Gasteiger partial charge in [0.25, 0.3) is 5.56 Å². The molecule has 9 heteroatoms. The molecule has 0 radical (unpaired) electrons. The molecule has 0 aliphatic carbocycles. The predicted molar refractivity (Wildman–Crippen MR) is 98.8 cm³/mol. The van der Waals surface area contributed by atoms with Crippen LogP contribution in [0.5, 0.6) is 5.88 Å². The summed E-state index contributed by atoms with van der Waals surface area (Å²) in [6.07, 6.45) is 0. The van der Waals surface area contributed by atoms with E-state index in [4.69, 9.17) is 22.1 Å². The standard InChI is InChI=1S/C19H14ClF2N3O3/c1-10-24-18(28-9-12-5-6-13(21)8-15(12)22)16(20)19(27)25(10)14-4-2-3-11(7-14)17(23)26/h2-8H,9H2,1H3,(H2,23,26). The molecule has 28 heavy (non-hydrogen) atoms. The number of carbonyl (C=O) groups is 1. The van der Waals surface area contributed by atoms with Crippen molar-refractivity contribution in [3.05, 3.63) is 86.4 Å². The molecule has 3 aromatic rings. The summed E-state index contributed by atoms with van der Waals surface area (Å²) in [5.74, 6) is -2.10. The Morgan fingerprint density at radius 2 is 2.00 bits per heavy atom. The van der Waals surface area contributed by atoms with Gasteiger partial charge in [0.1, 0.15) is 24.1 Å². The second-order valence-electron chi connectivity index (χ2n) is 5.86. The number of hydrogen-bond acceptors (Lipinski definition) is 4. The number of aromatic nitrogens is 2. The first-order valence-corrected chi connectivity index (χ1v) is 8.42. The summed E-state index contributed by atoms with van der Waals surface area (Å²) in [7, 11) is 0. The summed E-state index contributed by atoms with van der Waals surface area (Å²) in [6.45, 7) is 1.25. The highest BCUT2D eigenvalue weighted by Gasteiger charge is 2.17. The average Bonchev–Trinajstić information content (AvgIpc) is 2.65. The SMILES string of the molecule is Cc1nc(OCc2ccc(F)cc2F)c(Cl)c(=O)n1-c1cccc(C(N)=O)c1. The van der Waals surface area contributed by atoms with Crippen molar-refractivity contribution < 1.29 is 18.3 Å². The first kappa shape index (κ1) is 19.5. The molecule has 0 bridgehead atoms. The van der Waals surface area contributed by atoms with E-state index in [2.05, 4.69) is 4.98 Å². The summed E-state index contributed by atoms with van der Waals surface area (Å²) < 4.78 is 33.3. The Labute approximate surface area is 163 Å². The van der Waals surface area contributed by atoms with Crippen LogP contribution in [0.25, 0.3) is 5.69 Å². The number of carbonyl (C=O) groups excluding carboxylic acids is 1. The van der Waals surface area contributed by atoms with E-state index < -0.39 is 23.1 Å². The van der Waals surface area contributed by atoms with E-state index in [0.29, 0.717) is 5.69 Å². The van der Waals surface area contributed by atoms with Crippen molar-refractivity contribution in [3.63, 3.8) is 0 Å². The van der Waals surface area contributed by atoms with Crippen LogP contribution in [-0.2, 0) is 6.61 Å². The van der Waals surface area contributed by atoms with Gasteiger partial charge in [-0.3, -0.25) is 14.2 Å². The van der Waals surface area contributed by atoms with E-state index in [1.54, 1.807) is 19.1 Å². The summed E-state index contributed by atoms with van der Waals surface area (Å²) in [5, 5.41) is -0.322. The zero-order chi connectivity index (χ0) is 20.4. The molecule has 0 aliphatic heterocycles. The van der Waals surface area contributed by atoms with E-state index in [9.17, 15) is 18.4 Å². The van der Waals surface area contributed by atoms with E-state index in [1.807, 2.05) is 0 Å². The third kappa shape index (κ3) is 3.86. The van der Waals surface area contributed by atoms with Gasteiger partial charge >= 0.3 is 0 Å². The maximum absolute atomic E-state index is 13.7. The Kier molecular flexibility index (Phi) is 5.41. The molecule has 0 aliphatic rings. The molecule has 2 N–H and O–H groups in total. The maximum atomic E-state index is 13.7. The Balaban J connectivity index is 1.95. The quantitative estimate of drug-likeness (QED) is 0.706. The van der Waals surface area contributed by atoms with E-state index in [0.717, 1.165) is 12.1 Å². The minimum atomic E-state index is -0.788. The highest BCUT2D eigenvalue weighted by Crippen LogP contribution is 2.22. The van der Waals surface area contributed by atoms with Crippen LogP contribution in [-0.4, -0.2) is 15.5 Å². The van der Waals surface area contributed by atoms with Crippen LogP contribution in [0.2, 0.25) is 5.02 Å². The average molecular weight is 406 g/mol. The second-order valence-corrected chi connectivity index (χ2v) is 6.24. The van der Waals surface area contributed by atoms with Gasteiger partial charge in [-0.2, -0.15) is 4.98 Å². The number of primary amides is 1. The Bertz CT molecular complexity index is 1130. The summed E-state index contributed by atoms with van der Waals surface area (Å²) in [4.78, 5) is 28.2. The van der Waals surface area contributed by atoms with Gasteiger partial charge in [0.2, 0.25) is 11.8 Å². The molecule has 0 atom stereocenters. The molecule has 0 saturated carbocycles. The lowest BCUT2D eigenvalue weighted by Crippen LogP contribution is -2.24. The summed E-state index contributed by atoms with van der Waals surface area (Å²) >= 11 is 6.09. The number of hydrogen-bond donors (Lipinski definition) is 1. The summed E-state index contributed by atoms with van der Waals surface area (Å²) in [5.41, 5.74) is 5.28. The highest BCUT2D eigenvalue weighted by molar-refractivity contribution is 6.31. The molecule has 2 aromatic carbocycles. The van der Waals surface area contributed by atoms with E-state index in [-0.39, 0.29) is 34.5 Å². The molecule has 1 heterocycles. The van der Waals surface area contributed by atoms with Crippen LogP contribution >= 0.6 is 11.6 Å². The molecular formula is C19H14ClF2N3O3. The van der Waals surface area contributed by atoms with Gasteiger partial charge in [0.05, 0.1) is 5.69 Å². The van der Waals surface area contributed by atoms with Gasteiger partial charge in [-0.05, 0) is 37.3 Å². The molecule has 3 rings (SSSR count). The molecule has 1 aromatic heterocycles. The first-order chi connectivity index (χ1) is 13.3. The van der Waals surface area contributed by atoms with Crippen LogP contribution in [0, 0.1) is 18.6 Å². The molecular weight excluding hydrogens is 392 g/mol. The lowest BCUT2D eigenvalue weighted by molar-refractivity contribution is 0.1000. The van der Waals surface area contributed by atoms with Crippen molar-refractivity contribution in [2.24, 2.45) is 5.73 Å². The normalized spacial score (nSPS) is 10.7. The number of rotatable bonds is 5. The zero-order valence-electron chi connectivity index (χ0n) is 14.6. The fraction of sp³-hybridized carbons (Fsp3) is 0.105. The smallest absolute Gasteiger partial charge is 0.280 e. The number of aryl methyl sites for hydroxylation is 1. The van der Waals surface area contributed by atoms with Gasteiger partial charge in [0.15, 0.2) is 5.02 Å². The number of nitrogens with zero attached hydrogens (tertiary/aromatic N) is 2. The number of halogens is 3. The fourth-order valence-electron chi connectivity index (χ4n) is 2.57. The van der Waals surface area contributed by atoms with E-state index in [1.165, 1.54) is 22.8 Å².